The van der Waals surface area contributed by atoms with Crippen LogP contribution in [-0.4, -0.2) is 57.0 Å². The minimum Gasteiger partial charge on any atom is -0.367 e. The van der Waals surface area contributed by atoms with Crippen molar-refractivity contribution in [1.82, 2.24) is 9.21 Å². The molecule has 186 valence electrons. The zero-order valence-corrected chi connectivity index (χ0v) is 19.5. The van der Waals surface area contributed by atoms with E-state index in [2.05, 4.69) is 0 Å². The zero-order chi connectivity index (χ0) is 25.0. The number of halogens is 4. The van der Waals surface area contributed by atoms with E-state index in [0.717, 1.165) is 34.1 Å². The third-order valence-electron chi connectivity index (χ3n) is 5.88. The highest BCUT2D eigenvalue weighted by atomic mass is 32.2. The molecule has 1 saturated heterocycles. The molecule has 0 N–H and O–H groups in total. The maximum absolute atomic E-state index is 14.0. The molecule has 1 fully saturated rings. The van der Waals surface area contributed by atoms with Crippen LogP contribution in [0.3, 0.4) is 0 Å². The molecule has 0 saturated carbocycles. The van der Waals surface area contributed by atoms with Crippen molar-refractivity contribution in [2.45, 2.75) is 11.0 Å². The van der Waals surface area contributed by atoms with E-state index in [-0.39, 0.29) is 19.7 Å². The summed E-state index contributed by atoms with van der Waals surface area (Å²) in [6, 6.07) is 15.2. The highest BCUT2D eigenvalue weighted by Crippen LogP contribution is 2.27. The highest BCUT2D eigenvalue weighted by molar-refractivity contribution is 7.89. The third-order valence-corrected chi connectivity index (χ3v) is 7.80. The van der Waals surface area contributed by atoms with Crippen molar-refractivity contribution in [3.05, 3.63) is 101 Å². The summed E-state index contributed by atoms with van der Waals surface area (Å²) in [4.78, 5) is 1.31. The minimum absolute atomic E-state index is 0.115. The monoisotopic (exact) mass is 508 g/mol. The Labute approximate surface area is 201 Å². The van der Waals surface area contributed by atoms with E-state index in [9.17, 15) is 26.0 Å². The SMILES string of the molecule is O=S(=O)(c1cc(F)ccc1F)N1CCN(CCOC(c2ccccc2)c2ccc(F)c(F)c2)CC1. The number of nitrogens with zero attached hydrogens (tertiary/aromatic N) is 2. The average Bonchev–Trinajstić information content (AvgIpc) is 2.86. The van der Waals surface area contributed by atoms with Crippen LogP contribution in [0.15, 0.2) is 71.6 Å². The molecule has 1 aliphatic rings. The highest BCUT2D eigenvalue weighted by Gasteiger charge is 2.31. The molecule has 35 heavy (non-hydrogen) atoms. The molecule has 0 radical (unpaired) electrons. The fraction of sp³-hybridized carbons (Fsp3) is 0.280. The van der Waals surface area contributed by atoms with Gasteiger partial charge >= 0.3 is 0 Å². The topological polar surface area (TPSA) is 49.9 Å². The lowest BCUT2D eigenvalue weighted by Gasteiger charge is -2.34. The molecule has 0 amide bonds. The van der Waals surface area contributed by atoms with Crippen LogP contribution < -0.4 is 0 Å². The molecule has 4 rings (SSSR count). The first-order chi connectivity index (χ1) is 16.8. The Morgan fingerprint density at radius 3 is 2.14 bits per heavy atom. The molecule has 0 aromatic heterocycles. The fourth-order valence-corrected chi connectivity index (χ4v) is 5.49. The van der Waals surface area contributed by atoms with Crippen LogP contribution >= 0.6 is 0 Å². The first kappa shape index (κ1) is 25.3. The molecule has 0 aliphatic carbocycles. The van der Waals surface area contributed by atoms with Crippen LogP contribution in [0.4, 0.5) is 17.6 Å². The lowest BCUT2D eigenvalue weighted by molar-refractivity contribution is 0.0525. The van der Waals surface area contributed by atoms with Gasteiger partial charge in [0.25, 0.3) is 0 Å². The van der Waals surface area contributed by atoms with Gasteiger partial charge in [0, 0.05) is 32.7 Å². The Morgan fingerprint density at radius 2 is 1.46 bits per heavy atom. The largest absolute Gasteiger partial charge is 0.367 e. The molecule has 3 aromatic carbocycles. The Morgan fingerprint density at radius 1 is 0.771 bits per heavy atom. The molecule has 0 spiro atoms. The number of hydrogen-bond acceptors (Lipinski definition) is 4. The van der Waals surface area contributed by atoms with Crippen LogP contribution in [-0.2, 0) is 14.8 Å². The van der Waals surface area contributed by atoms with Crippen LogP contribution in [0.1, 0.15) is 17.2 Å². The second kappa shape index (κ2) is 10.9. The summed E-state index contributed by atoms with van der Waals surface area (Å²) >= 11 is 0. The van der Waals surface area contributed by atoms with Gasteiger partial charge in [-0.2, -0.15) is 4.31 Å². The fourth-order valence-electron chi connectivity index (χ4n) is 4.00. The maximum Gasteiger partial charge on any atom is 0.246 e. The van der Waals surface area contributed by atoms with Crippen molar-refractivity contribution in [2.75, 3.05) is 39.3 Å². The Balaban J connectivity index is 1.37. The van der Waals surface area contributed by atoms with Crippen molar-refractivity contribution in [3.63, 3.8) is 0 Å². The van der Waals surface area contributed by atoms with E-state index in [1.807, 2.05) is 35.2 Å². The molecule has 10 heteroatoms. The molecule has 0 bridgehead atoms. The molecule has 1 aliphatic heterocycles. The standard InChI is InChI=1S/C25H24F4N2O3S/c26-20-7-9-22(28)24(17-20)35(32,33)31-12-10-30(11-13-31)14-15-34-25(18-4-2-1-3-5-18)19-6-8-21(27)23(29)16-19/h1-9,16-17,25H,10-15H2. The van der Waals surface area contributed by atoms with Crippen LogP contribution in [0.5, 0.6) is 0 Å². The quantitative estimate of drug-likeness (QED) is 0.425. The number of sulfonamides is 1. The predicted molar refractivity (Wildman–Crippen MR) is 122 cm³/mol. The van der Waals surface area contributed by atoms with Crippen LogP contribution in [0, 0.1) is 23.3 Å². The Bertz CT molecular complexity index is 1270. The summed E-state index contributed by atoms with van der Waals surface area (Å²) in [5.74, 6) is -3.72. The van der Waals surface area contributed by atoms with Gasteiger partial charge < -0.3 is 4.74 Å². The van der Waals surface area contributed by atoms with E-state index in [4.69, 9.17) is 4.74 Å². The van der Waals surface area contributed by atoms with Gasteiger partial charge in [-0.3, -0.25) is 4.90 Å². The van der Waals surface area contributed by atoms with Crippen molar-refractivity contribution in [1.29, 1.82) is 0 Å². The normalized spacial score (nSPS) is 16.3. The van der Waals surface area contributed by atoms with Crippen LogP contribution in [0.2, 0.25) is 0 Å². The molecule has 3 aromatic rings. The van der Waals surface area contributed by atoms with E-state index in [1.54, 1.807) is 0 Å². The Kier molecular flexibility index (Phi) is 7.85. The molecule has 1 heterocycles. The first-order valence-corrected chi connectivity index (χ1v) is 12.5. The van der Waals surface area contributed by atoms with Gasteiger partial charge in [0.05, 0.1) is 6.61 Å². The Hall–Kier alpha value is -2.79. The van der Waals surface area contributed by atoms with Gasteiger partial charge in [0.15, 0.2) is 11.6 Å². The van der Waals surface area contributed by atoms with Gasteiger partial charge in [-0.1, -0.05) is 36.4 Å². The molecular formula is C25H24F4N2O3S. The average molecular weight is 509 g/mol. The van der Waals surface area contributed by atoms with Crippen molar-refractivity contribution < 1.29 is 30.7 Å². The third kappa shape index (κ3) is 5.90. The summed E-state index contributed by atoms with van der Waals surface area (Å²) in [5.41, 5.74) is 1.26. The molecule has 1 unspecified atom stereocenters. The van der Waals surface area contributed by atoms with Crippen molar-refractivity contribution in [3.8, 4) is 0 Å². The summed E-state index contributed by atoms with van der Waals surface area (Å²) in [5, 5.41) is 0. The van der Waals surface area contributed by atoms with Gasteiger partial charge in [-0.25, -0.2) is 26.0 Å². The number of ether oxygens (including phenoxy) is 1. The molecule has 1 atom stereocenters. The molecule has 5 nitrogen and oxygen atoms in total. The van der Waals surface area contributed by atoms with Gasteiger partial charge in [0.1, 0.15) is 22.6 Å². The smallest absolute Gasteiger partial charge is 0.246 e. The zero-order valence-electron chi connectivity index (χ0n) is 18.7. The summed E-state index contributed by atoms with van der Waals surface area (Å²) in [6.45, 7) is 1.70. The summed E-state index contributed by atoms with van der Waals surface area (Å²) < 4.78 is 87.5. The van der Waals surface area contributed by atoms with E-state index in [0.29, 0.717) is 31.3 Å². The van der Waals surface area contributed by atoms with Crippen molar-refractivity contribution in [2.24, 2.45) is 0 Å². The number of piperazine rings is 1. The van der Waals surface area contributed by atoms with Gasteiger partial charge in [-0.05, 0) is 41.5 Å². The number of hydrogen-bond donors (Lipinski definition) is 0. The lowest BCUT2D eigenvalue weighted by Crippen LogP contribution is -2.49. The van der Waals surface area contributed by atoms with E-state index in [1.165, 1.54) is 6.07 Å². The summed E-state index contributed by atoms with van der Waals surface area (Å²) in [6.07, 6.45) is -0.607. The second-order valence-corrected chi connectivity index (χ2v) is 10.1. The van der Waals surface area contributed by atoms with E-state index >= 15 is 0 Å². The van der Waals surface area contributed by atoms with Gasteiger partial charge in [-0.15, -0.1) is 0 Å². The maximum atomic E-state index is 14.0. The predicted octanol–water partition coefficient (Wildman–Crippen LogP) is 4.36. The van der Waals surface area contributed by atoms with E-state index < -0.39 is 44.3 Å². The summed E-state index contributed by atoms with van der Waals surface area (Å²) in [7, 11) is -4.16. The first-order valence-electron chi connectivity index (χ1n) is 11.0. The van der Waals surface area contributed by atoms with Crippen molar-refractivity contribution >= 4 is 10.0 Å². The molecular weight excluding hydrogens is 484 g/mol. The van der Waals surface area contributed by atoms with Crippen LogP contribution in [0.25, 0.3) is 0 Å². The van der Waals surface area contributed by atoms with Gasteiger partial charge in [0.2, 0.25) is 10.0 Å². The number of benzene rings is 3. The lowest BCUT2D eigenvalue weighted by atomic mass is 10.0. The minimum atomic E-state index is -4.16. The number of rotatable bonds is 8. The second-order valence-electron chi connectivity index (χ2n) is 8.16.